The first-order valence-corrected chi connectivity index (χ1v) is 5.08. The van der Waals surface area contributed by atoms with Gasteiger partial charge in [-0.2, -0.15) is 0 Å². The quantitative estimate of drug-likeness (QED) is 0.653. The van der Waals surface area contributed by atoms with E-state index in [1.807, 2.05) is 0 Å². The SMILES string of the molecule is O=C(N1CC(F)(F)C1)C1(Br)CCC1. The van der Waals surface area contributed by atoms with Crippen molar-refractivity contribution in [2.75, 3.05) is 13.1 Å². The third-order valence-electron chi connectivity index (χ3n) is 2.66. The molecule has 1 amide bonds. The molecule has 0 radical (unpaired) electrons. The van der Waals surface area contributed by atoms with Gasteiger partial charge in [0.05, 0.1) is 13.1 Å². The van der Waals surface area contributed by atoms with Gasteiger partial charge in [0.1, 0.15) is 4.32 Å². The van der Waals surface area contributed by atoms with Gasteiger partial charge in [-0.15, -0.1) is 0 Å². The molecule has 1 heterocycles. The minimum Gasteiger partial charge on any atom is -0.329 e. The number of nitrogens with zero attached hydrogens (tertiary/aromatic N) is 1. The summed E-state index contributed by atoms with van der Waals surface area (Å²) in [7, 11) is 0. The molecule has 1 saturated heterocycles. The number of hydrogen-bond acceptors (Lipinski definition) is 1. The van der Waals surface area contributed by atoms with Crippen LogP contribution in [0.15, 0.2) is 0 Å². The summed E-state index contributed by atoms with van der Waals surface area (Å²) in [6, 6.07) is 0. The molecule has 0 aromatic carbocycles. The molecule has 0 N–H and O–H groups in total. The van der Waals surface area contributed by atoms with E-state index in [-0.39, 0.29) is 5.91 Å². The monoisotopic (exact) mass is 253 g/mol. The lowest BCUT2D eigenvalue weighted by Gasteiger charge is -2.45. The van der Waals surface area contributed by atoms with Gasteiger partial charge >= 0.3 is 0 Å². The number of rotatable bonds is 1. The number of hydrogen-bond donors (Lipinski definition) is 0. The standard InChI is InChI=1S/C8H10BrF2NO/c9-7(2-1-3-7)6(13)12-4-8(10,11)5-12/h1-5H2. The summed E-state index contributed by atoms with van der Waals surface area (Å²) < 4.78 is 24.4. The second kappa shape index (κ2) is 2.65. The van der Waals surface area contributed by atoms with Gasteiger partial charge in [0.15, 0.2) is 0 Å². The van der Waals surface area contributed by atoms with Crippen molar-refractivity contribution in [2.45, 2.75) is 29.5 Å². The Kier molecular flexibility index (Phi) is 1.91. The van der Waals surface area contributed by atoms with Crippen LogP contribution in [0.3, 0.4) is 0 Å². The highest BCUT2D eigenvalue weighted by atomic mass is 79.9. The zero-order chi connectivity index (χ0) is 9.69. The Morgan fingerprint density at radius 1 is 1.31 bits per heavy atom. The minimum atomic E-state index is -2.65. The molecule has 5 heteroatoms. The van der Waals surface area contributed by atoms with Gasteiger partial charge in [0.2, 0.25) is 5.91 Å². The Morgan fingerprint density at radius 3 is 2.15 bits per heavy atom. The molecular formula is C8H10BrF2NO. The van der Waals surface area contributed by atoms with Crippen molar-refractivity contribution >= 4 is 21.8 Å². The second-order valence-corrected chi connectivity index (χ2v) is 5.35. The normalized spacial score (nSPS) is 29.0. The third-order valence-corrected chi connectivity index (χ3v) is 3.79. The van der Waals surface area contributed by atoms with Gasteiger partial charge in [-0.25, -0.2) is 8.78 Å². The van der Waals surface area contributed by atoms with Gasteiger partial charge in [0.25, 0.3) is 5.92 Å². The molecule has 0 spiro atoms. The molecule has 1 aliphatic heterocycles. The van der Waals surface area contributed by atoms with Gasteiger partial charge < -0.3 is 4.90 Å². The van der Waals surface area contributed by atoms with Crippen LogP contribution in [0.2, 0.25) is 0 Å². The maximum absolute atomic E-state index is 12.4. The van der Waals surface area contributed by atoms with E-state index < -0.39 is 23.3 Å². The lowest BCUT2D eigenvalue weighted by molar-refractivity contribution is -0.169. The number of carbonyl (C=O) groups is 1. The average molecular weight is 254 g/mol. The Morgan fingerprint density at radius 2 is 1.85 bits per heavy atom. The van der Waals surface area contributed by atoms with Crippen LogP contribution >= 0.6 is 15.9 Å². The molecule has 2 rings (SSSR count). The molecule has 0 unspecified atom stereocenters. The number of amides is 1. The zero-order valence-corrected chi connectivity index (χ0v) is 8.61. The van der Waals surface area contributed by atoms with Crippen molar-refractivity contribution in [2.24, 2.45) is 0 Å². The average Bonchev–Trinajstić information content (AvgIpc) is 1.94. The summed E-state index contributed by atoms with van der Waals surface area (Å²) in [5.74, 6) is -2.81. The van der Waals surface area contributed by atoms with Gasteiger partial charge in [-0.3, -0.25) is 4.79 Å². The van der Waals surface area contributed by atoms with E-state index in [2.05, 4.69) is 15.9 Å². The number of halogens is 3. The fourth-order valence-electron chi connectivity index (χ4n) is 1.64. The molecule has 2 aliphatic rings. The Labute approximate surface area is 83.4 Å². The maximum atomic E-state index is 12.4. The summed E-state index contributed by atoms with van der Waals surface area (Å²) in [6.07, 6.45) is 2.54. The molecule has 0 atom stereocenters. The van der Waals surface area contributed by atoms with E-state index in [0.717, 1.165) is 19.3 Å². The zero-order valence-electron chi connectivity index (χ0n) is 7.02. The van der Waals surface area contributed by atoms with Crippen molar-refractivity contribution < 1.29 is 13.6 Å². The fraction of sp³-hybridized carbons (Fsp3) is 0.875. The number of carbonyl (C=O) groups excluding carboxylic acids is 1. The first-order valence-electron chi connectivity index (χ1n) is 4.29. The van der Waals surface area contributed by atoms with E-state index in [0.29, 0.717) is 0 Å². The summed E-state index contributed by atoms with van der Waals surface area (Å²) in [4.78, 5) is 12.8. The summed E-state index contributed by atoms with van der Waals surface area (Å²) >= 11 is 3.31. The fourth-order valence-corrected chi connectivity index (χ4v) is 2.45. The predicted octanol–water partition coefficient (Wildman–Crippen LogP) is 1.78. The molecular weight excluding hydrogens is 244 g/mol. The lowest BCUT2D eigenvalue weighted by Crippen LogP contribution is -2.63. The van der Waals surface area contributed by atoms with Gasteiger partial charge in [0, 0.05) is 0 Å². The number of alkyl halides is 3. The van der Waals surface area contributed by atoms with Crippen LogP contribution in [0.4, 0.5) is 8.78 Å². The van der Waals surface area contributed by atoms with Crippen LogP contribution in [0.1, 0.15) is 19.3 Å². The summed E-state index contributed by atoms with van der Waals surface area (Å²) in [5, 5.41) is 0. The van der Waals surface area contributed by atoms with E-state index in [1.54, 1.807) is 0 Å². The first-order chi connectivity index (χ1) is 5.93. The minimum absolute atomic E-state index is 0.162. The third kappa shape index (κ3) is 1.47. The van der Waals surface area contributed by atoms with Crippen LogP contribution in [0.5, 0.6) is 0 Å². The molecule has 0 bridgehead atoms. The van der Waals surface area contributed by atoms with Crippen LogP contribution in [-0.4, -0.2) is 34.1 Å². The second-order valence-electron chi connectivity index (χ2n) is 3.84. The molecule has 1 aliphatic carbocycles. The highest BCUT2D eigenvalue weighted by Gasteiger charge is 2.52. The Balaban J connectivity index is 1.93. The van der Waals surface area contributed by atoms with Crippen molar-refractivity contribution in [1.82, 2.24) is 4.90 Å². The van der Waals surface area contributed by atoms with Crippen molar-refractivity contribution in [1.29, 1.82) is 0 Å². The van der Waals surface area contributed by atoms with E-state index >= 15 is 0 Å². The van der Waals surface area contributed by atoms with Crippen molar-refractivity contribution in [3.8, 4) is 0 Å². The van der Waals surface area contributed by atoms with Gasteiger partial charge in [-0.1, -0.05) is 15.9 Å². The van der Waals surface area contributed by atoms with E-state index in [9.17, 15) is 13.6 Å². The molecule has 2 nitrogen and oxygen atoms in total. The predicted molar refractivity (Wildman–Crippen MR) is 47.0 cm³/mol. The molecule has 13 heavy (non-hydrogen) atoms. The lowest BCUT2D eigenvalue weighted by atomic mass is 9.83. The van der Waals surface area contributed by atoms with Crippen molar-refractivity contribution in [3.63, 3.8) is 0 Å². The van der Waals surface area contributed by atoms with Crippen LogP contribution in [-0.2, 0) is 4.79 Å². The summed E-state index contributed by atoms with van der Waals surface area (Å²) in [6.45, 7) is -0.807. The molecule has 1 saturated carbocycles. The highest BCUT2D eigenvalue weighted by molar-refractivity contribution is 9.10. The Hall–Kier alpha value is -0.190. The maximum Gasteiger partial charge on any atom is 0.282 e. The summed E-state index contributed by atoms with van der Waals surface area (Å²) in [5.41, 5.74) is 0. The largest absolute Gasteiger partial charge is 0.329 e. The van der Waals surface area contributed by atoms with Crippen LogP contribution in [0.25, 0.3) is 0 Å². The van der Waals surface area contributed by atoms with Crippen LogP contribution in [0, 0.1) is 0 Å². The Bertz CT molecular complexity index is 245. The molecule has 0 aromatic rings. The molecule has 2 fully saturated rings. The van der Waals surface area contributed by atoms with Crippen LogP contribution < -0.4 is 0 Å². The topological polar surface area (TPSA) is 20.3 Å². The van der Waals surface area contributed by atoms with Gasteiger partial charge in [-0.05, 0) is 19.3 Å². The molecule has 0 aromatic heterocycles. The smallest absolute Gasteiger partial charge is 0.282 e. The van der Waals surface area contributed by atoms with E-state index in [4.69, 9.17) is 0 Å². The van der Waals surface area contributed by atoms with Crippen molar-refractivity contribution in [3.05, 3.63) is 0 Å². The van der Waals surface area contributed by atoms with E-state index in [1.165, 1.54) is 4.90 Å². The number of likely N-dealkylation sites (tertiary alicyclic amines) is 1. The first kappa shape index (κ1) is 9.37. The highest BCUT2D eigenvalue weighted by Crippen LogP contribution is 2.43. The molecule has 74 valence electrons.